The Morgan fingerprint density at radius 3 is 2.44 bits per heavy atom. The van der Waals surface area contributed by atoms with Gasteiger partial charge in [-0.25, -0.2) is 15.0 Å². The topological polar surface area (TPSA) is 70.2 Å². The van der Waals surface area contributed by atoms with Crippen LogP contribution >= 0.6 is 0 Å². The van der Waals surface area contributed by atoms with Crippen molar-refractivity contribution in [1.29, 1.82) is 0 Å². The number of pyridine rings is 1. The van der Waals surface area contributed by atoms with Gasteiger partial charge in [0.25, 0.3) is 0 Å². The molecule has 0 radical (unpaired) electrons. The highest BCUT2D eigenvalue weighted by Crippen LogP contribution is 2.19. The van der Waals surface area contributed by atoms with Gasteiger partial charge in [0.1, 0.15) is 22.7 Å². The summed E-state index contributed by atoms with van der Waals surface area (Å²) in [6.45, 7) is 6.13. The lowest BCUT2D eigenvalue weighted by Gasteiger charge is -1.95. The molecule has 2 N–H and O–H groups in total. The van der Waals surface area contributed by atoms with Gasteiger partial charge in [-0.15, -0.1) is 0 Å². The van der Waals surface area contributed by atoms with Crippen LogP contribution in [0.25, 0.3) is 22.3 Å². The number of hydrogen-bond acceptors (Lipinski definition) is 3. The first-order valence-corrected chi connectivity index (χ1v) is 5.36. The monoisotopic (exact) mass is 215 g/mol. The van der Waals surface area contributed by atoms with E-state index in [0.717, 1.165) is 34.0 Å². The second-order valence-electron chi connectivity index (χ2n) is 4.32. The Balaban J connectivity index is 2.31. The first-order chi connectivity index (χ1) is 7.63. The molecule has 3 aromatic heterocycles. The summed E-state index contributed by atoms with van der Waals surface area (Å²) in [4.78, 5) is 19.7. The predicted octanol–water partition coefficient (Wildman–Crippen LogP) is 2.27. The normalized spacial score (nSPS) is 12.0. The van der Waals surface area contributed by atoms with E-state index < -0.39 is 0 Å². The maximum atomic E-state index is 4.50. The van der Waals surface area contributed by atoms with Crippen molar-refractivity contribution in [2.75, 3.05) is 0 Å². The number of nitrogens with zero attached hydrogens (tertiary/aromatic N) is 3. The highest BCUT2D eigenvalue weighted by atomic mass is 15.0. The number of rotatable bonds is 1. The first-order valence-electron chi connectivity index (χ1n) is 5.36. The third-order valence-corrected chi connectivity index (χ3v) is 2.60. The summed E-state index contributed by atoms with van der Waals surface area (Å²) >= 11 is 0. The quantitative estimate of drug-likeness (QED) is 0.654. The zero-order chi connectivity index (χ0) is 11.3. The average molecular weight is 215 g/mol. The van der Waals surface area contributed by atoms with E-state index in [1.807, 2.05) is 13.0 Å². The zero-order valence-corrected chi connectivity index (χ0v) is 9.50. The molecular weight excluding hydrogens is 202 g/mol. The van der Waals surface area contributed by atoms with E-state index in [1.165, 1.54) is 0 Å². The molecule has 16 heavy (non-hydrogen) atoms. The van der Waals surface area contributed by atoms with Crippen LogP contribution in [0.2, 0.25) is 0 Å². The number of nitrogens with one attached hydrogen (secondary N) is 2. The van der Waals surface area contributed by atoms with Crippen molar-refractivity contribution in [2.45, 2.75) is 26.7 Å². The Morgan fingerprint density at radius 1 is 1.00 bits per heavy atom. The Morgan fingerprint density at radius 2 is 1.69 bits per heavy atom. The molecule has 0 amide bonds. The van der Waals surface area contributed by atoms with Crippen molar-refractivity contribution in [2.24, 2.45) is 0 Å². The number of fused-ring (bicyclic) bond motifs is 2. The van der Waals surface area contributed by atoms with Gasteiger partial charge in [-0.05, 0) is 13.0 Å². The third kappa shape index (κ3) is 1.28. The number of aromatic nitrogens is 5. The van der Waals surface area contributed by atoms with Crippen molar-refractivity contribution in [3.8, 4) is 0 Å². The van der Waals surface area contributed by atoms with E-state index in [2.05, 4.69) is 38.8 Å². The molecule has 0 saturated heterocycles. The predicted molar refractivity (Wildman–Crippen MR) is 62.4 cm³/mol. The molecule has 0 bridgehead atoms. The molecule has 0 unspecified atom stereocenters. The van der Waals surface area contributed by atoms with Gasteiger partial charge in [0, 0.05) is 5.92 Å². The lowest BCUT2D eigenvalue weighted by Crippen LogP contribution is -1.88. The van der Waals surface area contributed by atoms with Gasteiger partial charge in [-0.1, -0.05) is 13.8 Å². The molecule has 0 saturated carbocycles. The van der Waals surface area contributed by atoms with Gasteiger partial charge in [-0.3, -0.25) is 0 Å². The minimum atomic E-state index is 0.377. The van der Waals surface area contributed by atoms with Crippen molar-refractivity contribution in [3.63, 3.8) is 0 Å². The molecule has 0 atom stereocenters. The number of H-pyrrole nitrogens is 2. The summed E-state index contributed by atoms with van der Waals surface area (Å²) in [6.07, 6.45) is 0. The van der Waals surface area contributed by atoms with Crippen LogP contribution in [-0.2, 0) is 0 Å². The molecular formula is C11H13N5. The molecule has 5 nitrogen and oxygen atoms in total. The Bertz CT molecular complexity index is 610. The lowest BCUT2D eigenvalue weighted by molar-refractivity contribution is 0.798. The lowest BCUT2D eigenvalue weighted by atomic mass is 10.2. The Hall–Kier alpha value is -1.91. The van der Waals surface area contributed by atoms with E-state index in [9.17, 15) is 0 Å². The second kappa shape index (κ2) is 3.04. The highest BCUT2D eigenvalue weighted by Gasteiger charge is 2.10. The molecule has 0 aliphatic rings. The molecule has 3 rings (SSSR count). The molecule has 5 heteroatoms. The fourth-order valence-corrected chi connectivity index (χ4v) is 1.78. The van der Waals surface area contributed by atoms with E-state index >= 15 is 0 Å². The summed E-state index contributed by atoms with van der Waals surface area (Å²) in [5.74, 6) is 2.22. The van der Waals surface area contributed by atoms with Crippen LogP contribution in [0.1, 0.15) is 31.4 Å². The Labute approximate surface area is 92.3 Å². The second-order valence-corrected chi connectivity index (χ2v) is 4.32. The summed E-state index contributed by atoms with van der Waals surface area (Å²) in [6, 6.07) is 1.96. The van der Waals surface area contributed by atoms with Crippen LogP contribution in [-0.4, -0.2) is 24.9 Å². The van der Waals surface area contributed by atoms with Crippen LogP contribution in [0.5, 0.6) is 0 Å². The SMILES string of the molecule is Cc1nc2cc3nc(C(C)C)[nH]c3nc2[nH]1. The largest absolute Gasteiger partial charge is 0.327 e. The fraction of sp³-hybridized carbons (Fsp3) is 0.364. The van der Waals surface area contributed by atoms with Gasteiger partial charge < -0.3 is 9.97 Å². The van der Waals surface area contributed by atoms with Crippen molar-refractivity contribution < 1.29 is 0 Å². The maximum absolute atomic E-state index is 4.50. The van der Waals surface area contributed by atoms with Crippen LogP contribution in [0, 0.1) is 6.92 Å². The summed E-state index contributed by atoms with van der Waals surface area (Å²) in [7, 11) is 0. The van der Waals surface area contributed by atoms with Gasteiger partial charge in [0.2, 0.25) is 0 Å². The average Bonchev–Trinajstić information content (AvgIpc) is 2.74. The molecule has 0 spiro atoms. The summed E-state index contributed by atoms with van der Waals surface area (Å²) in [5, 5.41) is 0. The van der Waals surface area contributed by atoms with Crippen LogP contribution in [0.3, 0.4) is 0 Å². The smallest absolute Gasteiger partial charge is 0.159 e. The van der Waals surface area contributed by atoms with E-state index in [4.69, 9.17) is 0 Å². The number of aryl methyl sites for hydroxylation is 1. The highest BCUT2D eigenvalue weighted by molar-refractivity contribution is 5.85. The van der Waals surface area contributed by atoms with E-state index in [1.54, 1.807) is 0 Å². The third-order valence-electron chi connectivity index (χ3n) is 2.60. The van der Waals surface area contributed by atoms with Gasteiger partial charge in [0.15, 0.2) is 11.3 Å². The van der Waals surface area contributed by atoms with Crippen molar-refractivity contribution in [1.82, 2.24) is 24.9 Å². The maximum Gasteiger partial charge on any atom is 0.159 e. The van der Waals surface area contributed by atoms with Crippen LogP contribution in [0.4, 0.5) is 0 Å². The Kier molecular flexibility index (Phi) is 1.77. The summed E-state index contributed by atoms with van der Waals surface area (Å²) < 4.78 is 0. The zero-order valence-electron chi connectivity index (χ0n) is 9.50. The summed E-state index contributed by atoms with van der Waals surface area (Å²) in [5.41, 5.74) is 3.37. The minimum Gasteiger partial charge on any atom is -0.327 e. The molecule has 0 aliphatic carbocycles. The van der Waals surface area contributed by atoms with Gasteiger partial charge in [0.05, 0.1) is 0 Å². The molecule has 3 heterocycles. The van der Waals surface area contributed by atoms with Crippen molar-refractivity contribution >= 4 is 22.3 Å². The molecule has 3 aromatic rings. The van der Waals surface area contributed by atoms with E-state index in [-0.39, 0.29) is 0 Å². The first kappa shape index (κ1) is 9.33. The molecule has 0 aliphatic heterocycles. The van der Waals surface area contributed by atoms with Crippen LogP contribution < -0.4 is 0 Å². The molecule has 82 valence electrons. The minimum absolute atomic E-state index is 0.377. The number of imidazole rings is 2. The number of hydrogen-bond donors (Lipinski definition) is 2. The van der Waals surface area contributed by atoms with E-state index in [0.29, 0.717) is 5.92 Å². The van der Waals surface area contributed by atoms with Gasteiger partial charge >= 0.3 is 0 Å². The van der Waals surface area contributed by atoms with Gasteiger partial charge in [-0.2, -0.15) is 0 Å². The van der Waals surface area contributed by atoms with Crippen molar-refractivity contribution in [3.05, 3.63) is 17.7 Å². The molecule has 0 aromatic carbocycles. The number of aromatic amines is 2. The standard InChI is InChI=1S/C11H13N5/c1-5(2)9-14-8-4-7-10(13-6(3)12-7)16-11(8)15-9/h4-5H,1-3H3,(H2,12,13,14,15,16). The molecule has 0 fully saturated rings. The fourth-order valence-electron chi connectivity index (χ4n) is 1.78. The van der Waals surface area contributed by atoms with Crippen LogP contribution in [0.15, 0.2) is 6.07 Å².